The van der Waals surface area contributed by atoms with Gasteiger partial charge < -0.3 is 15.2 Å². The van der Waals surface area contributed by atoms with Crippen LogP contribution in [0.1, 0.15) is 36.9 Å². The second-order valence-electron chi connectivity index (χ2n) is 4.42. The van der Waals surface area contributed by atoms with Gasteiger partial charge in [0, 0.05) is 18.0 Å². The van der Waals surface area contributed by atoms with Gasteiger partial charge in [-0.3, -0.25) is 4.79 Å². The first kappa shape index (κ1) is 14.5. The number of carbonyl (C=O) groups is 1. The predicted molar refractivity (Wildman–Crippen MR) is 70.5 cm³/mol. The summed E-state index contributed by atoms with van der Waals surface area (Å²) in [5.41, 5.74) is 2.00. The van der Waals surface area contributed by atoms with Crippen molar-refractivity contribution in [3.8, 4) is 5.75 Å². The monoisotopic (exact) mass is 251 g/mol. The maximum Gasteiger partial charge on any atom is 0.305 e. The normalized spacial score (nSPS) is 12.2. The minimum absolute atomic E-state index is 0.0579. The Bertz CT molecular complexity index is 404. The summed E-state index contributed by atoms with van der Waals surface area (Å²) >= 11 is 0. The molecule has 0 amide bonds. The number of phenolic OH excluding ortho intramolecular Hbond substituents is 1. The van der Waals surface area contributed by atoms with Crippen LogP contribution in [0.15, 0.2) is 18.2 Å². The number of ether oxygens (including phenoxy) is 1. The van der Waals surface area contributed by atoms with Crippen LogP contribution in [0.4, 0.5) is 0 Å². The molecule has 1 unspecified atom stereocenters. The predicted octanol–water partition coefficient (Wildman–Crippen LogP) is 2.30. The molecule has 0 bridgehead atoms. The second kappa shape index (κ2) is 7.01. The topological polar surface area (TPSA) is 58.6 Å². The molecule has 2 N–H and O–H groups in total. The average molecular weight is 251 g/mol. The van der Waals surface area contributed by atoms with Crippen molar-refractivity contribution < 1.29 is 14.6 Å². The first-order chi connectivity index (χ1) is 8.54. The van der Waals surface area contributed by atoms with Crippen LogP contribution in [0.2, 0.25) is 0 Å². The van der Waals surface area contributed by atoms with Crippen molar-refractivity contribution in [2.45, 2.75) is 32.7 Å². The number of rotatable bonds is 6. The van der Waals surface area contributed by atoms with E-state index < -0.39 is 0 Å². The fourth-order valence-electron chi connectivity index (χ4n) is 1.78. The molecule has 1 aromatic rings. The number of hydrogen-bond donors (Lipinski definition) is 2. The number of esters is 1. The lowest BCUT2D eigenvalue weighted by Crippen LogP contribution is -2.20. The number of hydrogen-bond acceptors (Lipinski definition) is 4. The molecule has 0 saturated heterocycles. The van der Waals surface area contributed by atoms with Crippen LogP contribution in [0.25, 0.3) is 0 Å². The van der Waals surface area contributed by atoms with Crippen LogP contribution in [0, 0.1) is 6.92 Å². The molecule has 0 heterocycles. The van der Waals surface area contributed by atoms with Crippen molar-refractivity contribution in [3.63, 3.8) is 0 Å². The summed E-state index contributed by atoms with van der Waals surface area (Å²) in [5, 5.41) is 13.1. The molecule has 0 aliphatic heterocycles. The van der Waals surface area contributed by atoms with Gasteiger partial charge in [-0.05, 0) is 32.9 Å². The van der Waals surface area contributed by atoms with Crippen molar-refractivity contribution in [1.82, 2.24) is 5.32 Å². The molecule has 1 aromatic carbocycles. The number of methoxy groups -OCH3 is 1. The maximum atomic E-state index is 10.9. The van der Waals surface area contributed by atoms with Crippen molar-refractivity contribution >= 4 is 5.97 Å². The molecule has 1 rings (SSSR count). The van der Waals surface area contributed by atoms with E-state index in [0.29, 0.717) is 18.7 Å². The standard InChI is InChI=1S/C14H21NO3/c1-10-6-7-13(16)12(9-10)11(2)15-8-4-5-14(17)18-3/h6-7,9,11,15-16H,4-5,8H2,1-3H3. The molecule has 0 saturated carbocycles. The van der Waals surface area contributed by atoms with Crippen LogP contribution >= 0.6 is 0 Å². The van der Waals surface area contributed by atoms with Crippen LogP contribution in [-0.4, -0.2) is 24.7 Å². The molecule has 0 aromatic heterocycles. The van der Waals surface area contributed by atoms with Crippen molar-refractivity contribution in [1.29, 1.82) is 0 Å². The Morgan fingerprint density at radius 3 is 2.89 bits per heavy atom. The van der Waals surface area contributed by atoms with Gasteiger partial charge in [-0.1, -0.05) is 17.7 Å². The van der Waals surface area contributed by atoms with Crippen molar-refractivity contribution in [2.75, 3.05) is 13.7 Å². The van der Waals surface area contributed by atoms with Crippen LogP contribution in [-0.2, 0) is 9.53 Å². The van der Waals surface area contributed by atoms with Gasteiger partial charge >= 0.3 is 5.97 Å². The van der Waals surface area contributed by atoms with Gasteiger partial charge in [0.25, 0.3) is 0 Å². The van der Waals surface area contributed by atoms with Gasteiger partial charge in [0.1, 0.15) is 5.75 Å². The quantitative estimate of drug-likeness (QED) is 0.601. The Morgan fingerprint density at radius 2 is 2.22 bits per heavy atom. The fraction of sp³-hybridized carbons (Fsp3) is 0.500. The van der Waals surface area contributed by atoms with Gasteiger partial charge in [0.2, 0.25) is 0 Å². The number of carbonyl (C=O) groups excluding carboxylic acids is 1. The molecule has 1 atom stereocenters. The molecule has 0 aliphatic carbocycles. The summed E-state index contributed by atoms with van der Waals surface area (Å²) in [6, 6.07) is 5.61. The van der Waals surface area contributed by atoms with E-state index in [4.69, 9.17) is 0 Å². The molecule has 0 fully saturated rings. The molecule has 0 radical (unpaired) electrons. The van der Waals surface area contributed by atoms with E-state index in [1.54, 1.807) is 6.07 Å². The largest absolute Gasteiger partial charge is 0.508 e. The lowest BCUT2D eigenvalue weighted by atomic mass is 10.0. The SMILES string of the molecule is COC(=O)CCCNC(C)c1cc(C)ccc1O. The third kappa shape index (κ3) is 4.37. The highest BCUT2D eigenvalue weighted by Crippen LogP contribution is 2.24. The first-order valence-corrected chi connectivity index (χ1v) is 6.14. The van der Waals surface area contributed by atoms with Crippen LogP contribution in [0.5, 0.6) is 5.75 Å². The molecule has 0 spiro atoms. The van der Waals surface area contributed by atoms with Gasteiger partial charge in [0.15, 0.2) is 0 Å². The number of benzene rings is 1. The van der Waals surface area contributed by atoms with Crippen molar-refractivity contribution in [3.05, 3.63) is 29.3 Å². The van der Waals surface area contributed by atoms with E-state index in [0.717, 1.165) is 17.5 Å². The number of phenols is 1. The maximum absolute atomic E-state index is 10.9. The minimum atomic E-state index is -0.192. The lowest BCUT2D eigenvalue weighted by molar-refractivity contribution is -0.140. The summed E-state index contributed by atoms with van der Waals surface area (Å²) in [6.07, 6.45) is 1.14. The van der Waals surface area contributed by atoms with E-state index in [1.807, 2.05) is 26.0 Å². The van der Waals surface area contributed by atoms with E-state index in [-0.39, 0.29) is 12.0 Å². The molecular formula is C14H21NO3. The lowest BCUT2D eigenvalue weighted by Gasteiger charge is -2.16. The van der Waals surface area contributed by atoms with E-state index >= 15 is 0 Å². The number of aryl methyl sites for hydroxylation is 1. The Morgan fingerprint density at radius 1 is 1.50 bits per heavy atom. The second-order valence-corrected chi connectivity index (χ2v) is 4.42. The molecule has 18 heavy (non-hydrogen) atoms. The van der Waals surface area contributed by atoms with Gasteiger partial charge in [-0.15, -0.1) is 0 Å². The van der Waals surface area contributed by atoms with Crippen molar-refractivity contribution in [2.24, 2.45) is 0 Å². The van der Waals surface area contributed by atoms with Crippen LogP contribution in [0.3, 0.4) is 0 Å². The molecule has 4 nitrogen and oxygen atoms in total. The molecule has 0 aliphatic rings. The van der Waals surface area contributed by atoms with Gasteiger partial charge in [-0.25, -0.2) is 0 Å². The first-order valence-electron chi connectivity index (χ1n) is 6.14. The third-order valence-corrected chi connectivity index (χ3v) is 2.89. The van der Waals surface area contributed by atoms with E-state index in [2.05, 4.69) is 10.1 Å². The Labute approximate surface area is 108 Å². The Hall–Kier alpha value is -1.55. The summed E-state index contributed by atoms with van der Waals surface area (Å²) in [6.45, 7) is 4.70. The summed E-state index contributed by atoms with van der Waals surface area (Å²) < 4.78 is 4.57. The minimum Gasteiger partial charge on any atom is -0.508 e. The third-order valence-electron chi connectivity index (χ3n) is 2.89. The molecule has 4 heteroatoms. The highest BCUT2D eigenvalue weighted by Gasteiger charge is 2.10. The summed E-state index contributed by atoms with van der Waals surface area (Å²) in [4.78, 5) is 10.9. The van der Waals surface area contributed by atoms with Crippen LogP contribution < -0.4 is 5.32 Å². The van der Waals surface area contributed by atoms with Gasteiger partial charge in [-0.2, -0.15) is 0 Å². The number of nitrogens with one attached hydrogen (secondary N) is 1. The Balaban J connectivity index is 2.43. The van der Waals surface area contributed by atoms with E-state index in [1.165, 1.54) is 7.11 Å². The molecular weight excluding hydrogens is 230 g/mol. The highest BCUT2D eigenvalue weighted by atomic mass is 16.5. The number of aromatic hydroxyl groups is 1. The smallest absolute Gasteiger partial charge is 0.305 e. The highest BCUT2D eigenvalue weighted by molar-refractivity contribution is 5.69. The van der Waals surface area contributed by atoms with Gasteiger partial charge in [0.05, 0.1) is 7.11 Å². The molecule has 100 valence electrons. The zero-order valence-corrected chi connectivity index (χ0v) is 11.2. The average Bonchev–Trinajstić information content (AvgIpc) is 2.36. The summed E-state index contributed by atoms with van der Waals surface area (Å²) in [7, 11) is 1.39. The Kier molecular flexibility index (Phi) is 5.65. The fourth-order valence-corrected chi connectivity index (χ4v) is 1.78. The zero-order chi connectivity index (χ0) is 13.5. The van der Waals surface area contributed by atoms with E-state index in [9.17, 15) is 9.90 Å². The zero-order valence-electron chi connectivity index (χ0n) is 11.2. The summed E-state index contributed by atoms with van der Waals surface area (Å²) in [5.74, 6) is 0.108.